The quantitative estimate of drug-likeness (QED) is 0.537. The van der Waals surface area contributed by atoms with Crippen LogP contribution in [0, 0.1) is 13.8 Å². The van der Waals surface area contributed by atoms with Crippen LogP contribution < -0.4 is 0 Å². The Morgan fingerprint density at radius 1 is 0.914 bits per heavy atom. The number of nitrogens with zero attached hydrogens (tertiary/aromatic N) is 4. The first-order valence-electron chi connectivity index (χ1n) is 12.3. The van der Waals surface area contributed by atoms with Crippen molar-refractivity contribution < 1.29 is 17.6 Å². The number of benzene rings is 2. The molecular weight excluding hydrogens is 464 g/mol. The number of hydrogen-bond acceptors (Lipinski definition) is 6. The zero-order chi connectivity index (χ0) is 24.6. The molecule has 9 heteroatoms. The summed E-state index contributed by atoms with van der Waals surface area (Å²) in [5.74, 6) is 0.630. The van der Waals surface area contributed by atoms with E-state index in [4.69, 9.17) is 4.42 Å². The predicted molar refractivity (Wildman–Crippen MR) is 134 cm³/mol. The predicted octanol–water partition coefficient (Wildman–Crippen LogP) is 3.58. The van der Waals surface area contributed by atoms with Crippen LogP contribution in [0.3, 0.4) is 0 Å². The van der Waals surface area contributed by atoms with Gasteiger partial charge in [0.25, 0.3) is 5.91 Å². The van der Waals surface area contributed by atoms with E-state index in [1.54, 1.807) is 16.4 Å². The first kappa shape index (κ1) is 24.0. The van der Waals surface area contributed by atoms with Crippen molar-refractivity contribution in [3.8, 4) is 0 Å². The molecule has 0 N–H and O–H groups in total. The van der Waals surface area contributed by atoms with Crippen LogP contribution in [0.15, 0.2) is 45.7 Å². The summed E-state index contributed by atoms with van der Waals surface area (Å²) in [6.07, 6.45) is 3.30. The van der Waals surface area contributed by atoms with Gasteiger partial charge in [0.2, 0.25) is 15.9 Å². The van der Waals surface area contributed by atoms with Gasteiger partial charge in [-0.1, -0.05) is 6.07 Å². The highest BCUT2D eigenvalue weighted by Crippen LogP contribution is 2.23. The fourth-order valence-corrected chi connectivity index (χ4v) is 6.31. The maximum Gasteiger partial charge on any atom is 0.253 e. The molecule has 186 valence electrons. The third-order valence-corrected chi connectivity index (χ3v) is 9.02. The molecule has 2 aromatic carbocycles. The van der Waals surface area contributed by atoms with E-state index < -0.39 is 10.0 Å². The van der Waals surface area contributed by atoms with Gasteiger partial charge in [-0.2, -0.15) is 4.31 Å². The highest BCUT2D eigenvalue weighted by Gasteiger charge is 2.29. The van der Waals surface area contributed by atoms with Crippen LogP contribution in [-0.4, -0.2) is 72.7 Å². The third-order valence-electron chi connectivity index (χ3n) is 7.13. The summed E-state index contributed by atoms with van der Waals surface area (Å²) in [4.78, 5) is 21.9. The number of sulfonamides is 1. The van der Waals surface area contributed by atoms with Gasteiger partial charge in [-0.05, 0) is 74.6 Å². The highest BCUT2D eigenvalue weighted by atomic mass is 32.2. The molecule has 0 spiro atoms. The summed E-state index contributed by atoms with van der Waals surface area (Å²) in [5, 5.41) is 0. The van der Waals surface area contributed by atoms with E-state index in [1.807, 2.05) is 43.0 Å². The van der Waals surface area contributed by atoms with Crippen LogP contribution in [0.5, 0.6) is 0 Å². The van der Waals surface area contributed by atoms with Gasteiger partial charge in [0, 0.05) is 44.8 Å². The van der Waals surface area contributed by atoms with E-state index in [0.717, 1.165) is 37.1 Å². The van der Waals surface area contributed by atoms with Gasteiger partial charge in [-0.3, -0.25) is 9.69 Å². The van der Waals surface area contributed by atoms with E-state index in [0.29, 0.717) is 60.2 Å². The molecule has 2 aliphatic heterocycles. The van der Waals surface area contributed by atoms with Crippen molar-refractivity contribution in [3.63, 3.8) is 0 Å². The Balaban J connectivity index is 1.22. The van der Waals surface area contributed by atoms with Gasteiger partial charge < -0.3 is 9.32 Å². The normalized spacial score (nSPS) is 18.3. The lowest BCUT2D eigenvalue weighted by atomic mass is 10.1. The van der Waals surface area contributed by atoms with Crippen molar-refractivity contribution in [2.45, 2.75) is 44.6 Å². The third kappa shape index (κ3) is 4.98. The van der Waals surface area contributed by atoms with Crippen molar-refractivity contribution in [1.29, 1.82) is 0 Å². The molecular formula is C26H32N4O4S. The van der Waals surface area contributed by atoms with Gasteiger partial charge in [0.05, 0.1) is 11.4 Å². The number of amides is 1. The zero-order valence-electron chi connectivity index (χ0n) is 20.4. The van der Waals surface area contributed by atoms with Gasteiger partial charge in [0.15, 0.2) is 5.58 Å². The van der Waals surface area contributed by atoms with E-state index in [-0.39, 0.29) is 5.91 Å². The molecule has 0 bridgehead atoms. The Morgan fingerprint density at radius 2 is 1.66 bits per heavy atom. The van der Waals surface area contributed by atoms with Crippen LogP contribution in [-0.2, 0) is 16.6 Å². The highest BCUT2D eigenvalue weighted by molar-refractivity contribution is 7.89. The maximum atomic E-state index is 13.1. The second-order valence-corrected chi connectivity index (χ2v) is 11.5. The van der Waals surface area contributed by atoms with E-state index in [2.05, 4.69) is 9.88 Å². The molecule has 2 fully saturated rings. The number of carbonyl (C=O) groups is 1. The standard InChI is InChI=1S/C26H32N4O4S/c1-19-6-8-22(16-20(19)2)35(32,33)30-14-12-28(13-15-30)18-25-27-23-17-21(7-9-24(23)34-25)26(31)29-10-4-3-5-11-29/h6-9,16-17H,3-5,10-15,18H2,1-2H3. The summed E-state index contributed by atoms with van der Waals surface area (Å²) >= 11 is 0. The molecule has 3 heterocycles. The fourth-order valence-electron chi connectivity index (χ4n) is 4.80. The topological polar surface area (TPSA) is 87.0 Å². The molecule has 0 atom stereocenters. The lowest BCUT2D eigenvalue weighted by molar-refractivity contribution is 0.0724. The SMILES string of the molecule is Cc1ccc(S(=O)(=O)N2CCN(Cc3nc4cc(C(=O)N5CCCCC5)ccc4o3)CC2)cc1C. The minimum Gasteiger partial charge on any atom is -0.439 e. The molecule has 0 aliphatic carbocycles. The summed E-state index contributed by atoms with van der Waals surface area (Å²) < 4.78 is 33.6. The number of piperidine rings is 1. The minimum absolute atomic E-state index is 0.0530. The molecule has 0 unspecified atom stereocenters. The van der Waals surface area contributed by atoms with Crippen LogP contribution in [0.25, 0.3) is 11.1 Å². The largest absolute Gasteiger partial charge is 0.439 e. The van der Waals surface area contributed by atoms with Gasteiger partial charge in [-0.15, -0.1) is 0 Å². The van der Waals surface area contributed by atoms with Crippen LogP contribution >= 0.6 is 0 Å². The monoisotopic (exact) mass is 496 g/mol. The number of fused-ring (bicyclic) bond motifs is 1. The molecule has 2 saturated heterocycles. The Kier molecular flexibility index (Phi) is 6.65. The number of aromatic nitrogens is 1. The van der Waals surface area contributed by atoms with E-state index in [1.165, 1.54) is 6.42 Å². The van der Waals surface area contributed by atoms with Crippen molar-refractivity contribution in [2.75, 3.05) is 39.3 Å². The van der Waals surface area contributed by atoms with Crippen molar-refractivity contribution in [1.82, 2.24) is 19.1 Å². The number of hydrogen-bond donors (Lipinski definition) is 0. The first-order valence-corrected chi connectivity index (χ1v) is 13.7. The fraction of sp³-hybridized carbons (Fsp3) is 0.462. The van der Waals surface area contributed by atoms with E-state index in [9.17, 15) is 13.2 Å². The number of oxazole rings is 1. The van der Waals surface area contributed by atoms with Gasteiger partial charge in [0.1, 0.15) is 5.52 Å². The number of rotatable bonds is 5. The van der Waals surface area contributed by atoms with Crippen molar-refractivity contribution >= 4 is 27.0 Å². The number of piperazine rings is 1. The minimum atomic E-state index is -3.51. The Labute approximate surface area is 206 Å². The lowest BCUT2D eigenvalue weighted by Crippen LogP contribution is -2.48. The van der Waals surface area contributed by atoms with Gasteiger partial charge in [-0.25, -0.2) is 13.4 Å². The van der Waals surface area contributed by atoms with Gasteiger partial charge >= 0.3 is 0 Å². The van der Waals surface area contributed by atoms with Crippen LogP contribution in [0.1, 0.15) is 46.6 Å². The smallest absolute Gasteiger partial charge is 0.253 e. The molecule has 0 saturated carbocycles. The molecule has 3 aromatic rings. The second kappa shape index (κ2) is 9.72. The zero-order valence-corrected chi connectivity index (χ0v) is 21.2. The van der Waals surface area contributed by atoms with Crippen molar-refractivity contribution in [3.05, 3.63) is 59.0 Å². The Morgan fingerprint density at radius 3 is 2.37 bits per heavy atom. The number of carbonyl (C=O) groups excluding carboxylic acids is 1. The summed E-state index contributed by atoms with van der Waals surface area (Å²) in [5.41, 5.74) is 4.03. The van der Waals surface area contributed by atoms with Crippen LogP contribution in [0.4, 0.5) is 0 Å². The number of likely N-dealkylation sites (tertiary alicyclic amines) is 1. The molecule has 5 rings (SSSR count). The molecule has 35 heavy (non-hydrogen) atoms. The van der Waals surface area contributed by atoms with Crippen LogP contribution in [0.2, 0.25) is 0 Å². The Bertz CT molecular complexity index is 1340. The summed E-state index contributed by atoms with van der Waals surface area (Å²) in [6.45, 7) is 8.07. The number of aryl methyl sites for hydroxylation is 2. The van der Waals surface area contributed by atoms with E-state index >= 15 is 0 Å². The molecule has 1 aromatic heterocycles. The molecule has 1 amide bonds. The molecule has 8 nitrogen and oxygen atoms in total. The maximum absolute atomic E-state index is 13.1. The average Bonchev–Trinajstić information content (AvgIpc) is 3.27. The summed E-state index contributed by atoms with van der Waals surface area (Å²) in [7, 11) is -3.51. The Hall–Kier alpha value is -2.75. The summed E-state index contributed by atoms with van der Waals surface area (Å²) in [6, 6.07) is 10.7. The van der Waals surface area contributed by atoms with Crippen molar-refractivity contribution in [2.24, 2.45) is 0 Å². The lowest BCUT2D eigenvalue weighted by Gasteiger charge is -2.33. The molecule has 2 aliphatic rings. The second-order valence-electron chi connectivity index (χ2n) is 9.57. The first-order chi connectivity index (χ1) is 16.8. The average molecular weight is 497 g/mol. The molecule has 0 radical (unpaired) electrons.